The van der Waals surface area contributed by atoms with E-state index in [9.17, 15) is 0 Å². The zero-order valence-electron chi connectivity index (χ0n) is 10.3. The Morgan fingerprint density at radius 3 is 3.17 bits per heavy atom. The molecule has 2 aromatic rings. The molecule has 0 fully saturated rings. The van der Waals surface area contributed by atoms with E-state index in [0.717, 1.165) is 18.5 Å². The maximum Gasteiger partial charge on any atom is 0.243 e. The lowest BCUT2D eigenvalue weighted by molar-refractivity contribution is 0.194. The second-order valence-electron chi connectivity index (χ2n) is 4.03. The highest BCUT2D eigenvalue weighted by Crippen LogP contribution is 2.13. The standard InChI is InChI=1S/C11H17N5O2/c1-17-4-2-3-10-15-11(18-16-10)9(12)5-8-6-13-7-14-8/h6-7,9H,2-5,12H2,1H3,(H,13,14). The minimum absolute atomic E-state index is 0.311. The molecule has 98 valence electrons. The van der Waals surface area contributed by atoms with Crippen LogP contribution in [0.2, 0.25) is 0 Å². The number of imidazole rings is 1. The number of ether oxygens (including phenoxy) is 1. The summed E-state index contributed by atoms with van der Waals surface area (Å²) in [7, 11) is 1.67. The average molecular weight is 251 g/mol. The quantitative estimate of drug-likeness (QED) is 0.699. The summed E-state index contributed by atoms with van der Waals surface area (Å²) >= 11 is 0. The molecule has 0 amide bonds. The second-order valence-corrected chi connectivity index (χ2v) is 4.03. The Balaban J connectivity index is 1.88. The van der Waals surface area contributed by atoms with E-state index in [0.29, 0.717) is 24.7 Å². The lowest BCUT2D eigenvalue weighted by Gasteiger charge is -2.03. The minimum Gasteiger partial charge on any atom is -0.385 e. The molecule has 2 aromatic heterocycles. The number of rotatable bonds is 7. The van der Waals surface area contributed by atoms with Gasteiger partial charge in [-0.1, -0.05) is 5.16 Å². The van der Waals surface area contributed by atoms with Gasteiger partial charge in [0, 0.05) is 38.4 Å². The van der Waals surface area contributed by atoms with Gasteiger partial charge < -0.3 is 20.0 Å². The SMILES string of the molecule is COCCCc1noc(C(N)Cc2cnc[nH]2)n1. The van der Waals surface area contributed by atoms with Crippen LogP contribution >= 0.6 is 0 Å². The Hall–Kier alpha value is -1.73. The molecule has 0 bridgehead atoms. The van der Waals surface area contributed by atoms with Crippen molar-refractivity contribution >= 4 is 0 Å². The van der Waals surface area contributed by atoms with Gasteiger partial charge in [-0.2, -0.15) is 4.98 Å². The molecule has 0 aromatic carbocycles. The van der Waals surface area contributed by atoms with Gasteiger partial charge in [-0.25, -0.2) is 4.98 Å². The van der Waals surface area contributed by atoms with Gasteiger partial charge >= 0.3 is 0 Å². The van der Waals surface area contributed by atoms with Crippen LogP contribution < -0.4 is 5.73 Å². The lowest BCUT2D eigenvalue weighted by Crippen LogP contribution is -2.14. The van der Waals surface area contributed by atoms with E-state index in [4.69, 9.17) is 15.0 Å². The van der Waals surface area contributed by atoms with Gasteiger partial charge in [0.05, 0.1) is 12.4 Å². The first-order valence-electron chi connectivity index (χ1n) is 5.84. The van der Waals surface area contributed by atoms with Gasteiger partial charge in [0.2, 0.25) is 5.89 Å². The maximum absolute atomic E-state index is 5.99. The lowest BCUT2D eigenvalue weighted by atomic mass is 10.2. The molecule has 0 saturated heterocycles. The summed E-state index contributed by atoms with van der Waals surface area (Å²) in [4.78, 5) is 11.2. The van der Waals surface area contributed by atoms with Crippen LogP contribution in [0.5, 0.6) is 0 Å². The first-order valence-corrected chi connectivity index (χ1v) is 5.84. The molecule has 2 rings (SSSR count). The Bertz CT molecular complexity index is 454. The molecule has 18 heavy (non-hydrogen) atoms. The number of nitrogens with two attached hydrogens (primary N) is 1. The zero-order chi connectivity index (χ0) is 12.8. The third-order valence-electron chi connectivity index (χ3n) is 2.54. The predicted octanol–water partition coefficient (Wildman–Crippen LogP) is 0.614. The average Bonchev–Trinajstić information content (AvgIpc) is 3.00. The number of aryl methyl sites for hydroxylation is 1. The molecule has 0 aliphatic rings. The topological polar surface area (TPSA) is 103 Å². The number of H-pyrrole nitrogens is 1. The Kier molecular flexibility index (Phi) is 4.43. The van der Waals surface area contributed by atoms with Crippen molar-refractivity contribution in [2.24, 2.45) is 5.73 Å². The highest BCUT2D eigenvalue weighted by Gasteiger charge is 2.15. The number of aromatic nitrogens is 4. The highest BCUT2D eigenvalue weighted by atomic mass is 16.5. The number of hydrogen-bond donors (Lipinski definition) is 2. The van der Waals surface area contributed by atoms with E-state index in [1.54, 1.807) is 19.6 Å². The largest absolute Gasteiger partial charge is 0.385 e. The number of nitrogens with zero attached hydrogens (tertiary/aromatic N) is 3. The van der Waals surface area contributed by atoms with Crippen LogP contribution in [-0.2, 0) is 17.6 Å². The van der Waals surface area contributed by atoms with Crippen LogP contribution in [0.15, 0.2) is 17.0 Å². The fourth-order valence-electron chi connectivity index (χ4n) is 1.61. The molecule has 0 spiro atoms. The molecule has 0 aliphatic heterocycles. The van der Waals surface area contributed by atoms with Crippen LogP contribution in [0.4, 0.5) is 0 Å². The van der Waals surface area contributed by atoms with Crippen molar-refractivity contribution in [2.45, 2.75) is 25.3 Å². The molecule has 3 N–H and O–H groups in total. The molecule has 7 heteroatoms. The summed E-state index contributed by atoms with van der Waals surface area (Å²) in [6, 6.07) is -0.311. The molecule has 0 aliphatic carbocycles. The van der Waals surface area contributed by atoms with E-state index in [2.05, 4.69) is 20.1 Å². The van der Waals surface area contributed by atoms with Gasteiger partial charge in [-0.05, 0) is 6.42 Å². The monoisotopic (exact) mass is 251 g/mol. The summed E-state index contributed by atoms with van der Waals surface area (Å²) in [5.74, 6) is 1.12. The van der Waals surface area contributed by atoms with Crippen LogP contribution in [0, 0.1) is 0 Å². The molecular formula is C11H17N5O2. The van der Waals surface area contributed by atoms with Gasteiger partial charge in [0.15, 0.2) is 5.82 Å². The van der Waals surface area contributed by atoms with Crippen molar-refractivity contribution in [2.75, 3.05) is 13.7 Å². The molecule has 0 saturated carbocycles. The second kappa shape index (κ2) is 6.27. The van der Waals surface area contributed by atoms with E-state index >= 15 is 0 Å². The Morgan fingerprint density at radius 1 is 1.56 bits per heavy atom. The van der Waals surface area contributed by atoms with E-state index in [1.807, 2.05) is 0 Å². The summed E-state index contributed by atoms with van der Waals surface area (Å²) in [5.41, 5.74) is 6.93. The first-order chi connectivity index (χ1) is 8.79. The predicted molar refractivity (Wildman–Crippen MR) is 63.7 cm³/mol. The Morgan fingerprint density at radius 2 is 2.44 bits per heavy atom. The third kappa shape index (κ3) is 3.38. The number of methoxy groups -OCH3 is 1. The van der Waals surface area contributed by atoms with E-state index in [1.165, 1.54) is 0 Å². The zero-order valence-corrected chi connectivity index (χ0v) is 10.3. The summed E-state index contributed by atoms with van der Waals surface area (Å²) in [6.07, 6.45) is 5.54. The molecular weight excluding hydrogens is 234 g/mol. The highest BCUT2D eigenvalue weighted by molar-refractivity contribution is 5.02. The number of hydrogen-bond acceptors (Lipinski definition) is 6. The normalized spacial score (nSPS) is 12.8. The molecule has 0 radical (unpaired) electrons. The maximum atomic E-state index is 5.99. The summed E-state index contributed by atoms with van der Waals surface area (Å²) < 4.78 is 10.1. The van der Waals surface area contributed by atoms with Crippen molar-refractivity contribution in [3.63, 3.8) is 0 Å². The number of nitrogens with one attached hydrogen (secondary N) is 1. The molecule has 2 heterocycles. The van der Waals surface area contributed by atoms with Crippen molar-refractivity contribution in [1.82, 2.24) is 20.1 Å². The Labute approximate surface area is 105 Å². The number of aromatic amines is 1. The van der Waals surface area contributed by atoms with Crippen molar-refractivity contribution in [3.8, 4) is 0 Å². The fourth-order valence-corrected chi connectivity index (χ4v) is 1.61. The van der Waals surface area contributed by atoms with Crippen LogP contribution in [0.1, 0.15) is 29.9 Å². The van der Waals surface area contributed by atoms with Crippen molar-refractivity contribution in [1.29, 1.82) is 0 Å². The molecule has 1 unspecified atom stereocenters. The van der Waals surface area contributed by atoms with Crippen LogP contribution in [-0.4, -0.2) is 33.8 Å². The van der Waals surface area contributed by atoms with Crippen molar-refractivity contribution in [3.05, 3.63) is 29.9 Å². The van der Waals surface area contributed by atoms with Crippen LogP contribution in [0.3, 0.4) is 0 Å². The smallest absolute Gasteiger partial charge is 0.243 e. The van der Waals surface area contributed by atoms with E-state index < -0.39 is 0 Å². The fraction of sp³-hybridized carbons (Fsp3) is 0.545. The molecule has 1 atom stereocenters. The van der Waals surface area contributed by atoms with Gasteiger partial charge in [-0.3, -0.25) is 0 Å². The van der Waals surface area contributed by atoms with Crippen molar-refractivity contribution < 1.29 is 9.26 Å². The van der Waals surface area contributed by atoms with E-state index in [-0.39, 0.29) is 6.04 Å². The summed E-state index contributed by atoms with van der Waals surface area (Å²) in [5, 5.41) is 3.89. The summed E-state index contributed by atoms with van der Waals surface area (Å²) in [6.45, 7) is 0.685. The van der Waals surface area contributed by atoms with Crippen LogP contribution in [0.25, 0.3) is 0 Å². The molecule has 7 nitrogen and oxygen atoms in total. The first kappa shape index (κ1) is 12.7. The third-order valence-corrected chi connectivity index (χ3v) is 2.54. The van der Waals surface area contributed by atoms with Gasteiger partial charge in [0.1, 0.15) is 0 Å². The minimum atomic E-state index is -0.311. The van der Waals surface area contributed by atoms with Gasteiger partial charge in [0.25, 0.3) is 0 Å². The van der Waals surface area contributed by atoms with Gasteiger partial charge in [-0.15, -0.1) is 0 Å².